The van der Waals surface area contributed by atoms with Crippen molar-refractivity contribution in [3.05, 3.63) is 24.3 Å². The summed E-state index contributed by atoms with van der Waals surface area (Å²) < 4.78 is 5.49. The molecule has 0 aliphatic carbocycles. The van der Waals surface area contributed by atoms with Crippen LogP contribution in [0.15, 0.2) is 24.3 Å². The number of aliphatic hydroxyl groups excluding tert-OH is 2. The largest absolute Gasteiger partial charge is 0.466 e. The summed E-state index contributed by atoms with van der Waals surface area (Å²) in [5.41, 5.74) is 0. The Bertz CT molecular complexity index is 1060. The van der Waals surface area contributed by atoms with E-state index in [1.807, 2.05) is 6.08 Å². The van der Waals surface area contributed by atoms with Crippen molar-refractivity contribution >= 4 is 11.9 Å². The summed E-state index contributed by atoms with van der Waals surface area (Å²) in [6, 6.07) is -0.634. The third-order valence-electron chi connectivity index (χ3n) is 14.2. The quantitative estimate of drug-likeness (QED) is 0.0321. The number of nitrogens with one attached hydrogen (secondary N) is 1. The van der Waals surface area contributed by atoms with E-state index in [4.69, 9.17) is 4.74 Å². The third kappa shape index (κ3) is 53.7. The molecule has 0 saturated carbocycles. The van der Waals surface area contributed by atoms with Gasteiger partial charge in [0.2, 0.25) is 5.91 Å². The number of rotatable bonds is 57. The third-order valence-corrected chi connectivity index (χ3v) is 14.2. The first-order valence-corrected chi connectivity index (χ1v) is 30.6. The fourth-order valence-electron chi connectivity index (χ4n) is 9.51. The number of carbonyl (C=O) groups excluding carboxylic acids is 2. The molecular formula is C62H119NO5. The number of amides is 1. The molecular weight excluding hydrogens is 839 g/mol. The molecule has 0 aromatic rings. The summed E-state index contributed by atoms with van der Waals surface area (Å²) in [5, 5.41) is 23.1. The van der Waals surface area contributed by atoms with E-state index in [2.05, 4.69) is 31.3 Å². The molecule has 0 aromatic carbocycles. The zero-order valence-corrected chi connectivity index (χ0v) is 45.9. The zero-order valence-electron chi connectivity index (χ0n) is 45.9. The predicted molar refractivity (Wildman–Crippen MR) is 296 cm³/mol. The first-order chi connectivity index (χ1) is 33.5. The lowest BCUT2D eigenvalue weighted by atomic mass is 10.0. The van der Waals surface area contributed by atoms with Gasteiger partial charge in [-0.3, -0.25) is 9.59 Å². The molecule has 2 atom stereocenters. The second-order valence-electron chi connectivity index (χ2n) is 21.0. The molecule has 3 N–H and O–H groups in total. The van der Waals surface area contributed by atoms with Gasteiger partial charge in [0.05, 0.1) is 25.4 Å². The van der Waals surface area contributed by atoms with E-state index in [9.17, 15) is 19.8 Å². The molecule has 0 aromatic heterocycles. The molecule has 402 valence electrons. The second-order valence-corrected chi connectivity index (χ2v) is 21.0. The van der Waals surface area contributed by atoms with Gasteiger partial charge in [-0.1, -0.05) is 289 Å². The fourth-order valence-corrected chi connectivity index (χ4v) is 9.51. The van der Waals surface area contributed by atoms with Crippen molar-refractivity contribution in [2.45, 2.75) is 347 Å². The topological polar surface area (TPSA) is 95.9 Å². The van der Waals surface area contributed by atoms with E-state index in [1.165, 1.54) is 263 Å². The Morgan fingerprint density at radius 2 is 0.691 bits per heavy atom. The Labute approximate surface area is 424 Å². The molecule has 0 rings (SSSR count). The summed E-state index contributed by atoms with van der Waals surface area (Å²) in [5.74, 6) is -0.0687. The van der Waals surface area contributed by atoms with Crippen LogP contribution < -0.4 is 5.32 Å². The van der Waals surface area contributed by atoms with Crippen molar-refractivity contribution < 1.29 is 24.5 Å². The van der Waals surface area contributed by atoms with Gasteiger partial charge in [-0.05, 0) is 57.8 Å². The Balaban J connectivity index is 3.44. The molecule has 6 heteroatoms. The number of carbonyl (C=O) groups is 2. The van der Waals surface area contributed by atoms with Crippen molar-refractivity contribution in [2.75, 3.05) is 13.2 Å². The Hall–Kier alpha value is -1.66. The molecule has 0 bridgehead atoms. The van der Waals surface area contributed by atoms with E-state index < -0.39 is 12.1 Å². The highest BCUT2D eigenvalue weighted by Gasteiger charge is 2.18. The van der Waals surface area contributed by atoms with Crippen LogP contribution in [-0.2, 0) is 14.3 Å². The molecule has 0 aliphatic rings. The van der Waals surface area contributed by atoms with Gasteiger partial charge in [0.15, 0.2) is 0 Å². The average Bonchev–Trinajstić information content (AvgIpc) is 3.34. The number of ether oxygens (including phenoxy) is 1. The zero-order chi connectivity index (χ0) is 49.3. The van der Waals surface area contributed by atoms with Gasteiger partial charge >= 0.3 is 5.97 Å². The highest BCUT2D eigenvalue weighted by molar-refractivity contribution is 5.76. The normalized spacial score (nSPS) is 12.7. The van der Waals surface area contributed by atoms with Gasteiger partial charge in [0.1, 0.15) is 0 Å². The number of aliphatic hydroxyl groups is 2. The molecule has 0 spiro atoms. The maximum Gasteiger partial charge on any atom is 0.305 e. The smallest absolute Gasteiger partial charge is 0.305 e. The van der Waals surface area contributed by atoms with Crippen LogP contribution in [-0.4, -0.2) is 47.4 Å². The SMILES string of the molecule is CCCCCCCCCCCCCCC/C=C/C(O)C(CO)NC(=O)CCCCCCCCC/C=C\CCCCCCCCCCOC(=O)CCCCCCCCCCCCCCCCCCC. The highest BCUT2D eigenvalue weighted by Crippen LogP contribution is 2.17. The molecule has 1 amide bonds. The predicted octanol–water partition coefficient (Wildman–Crippen LogP) is 19.0. The van der Waals surface area contributed by atoms with Crippen molar-refractivity contribution in [1.29, 1.82) is 0 Å². The van der Waals surface area contributed by atoms with E-state index in [1.54, 1.807) is 6.08 Å². The lowest BCUT2D eigenvalue weighted by Crippen LogP contribution is -2.45. The molecule has 68 heavy (non-hydrogen) atoms. The van der Waals surface area contributed by atoms with Crippen LogP contribution in [0.3, 0.4) is 0 Å². The van der Waals surface area contributed by atoms with E-state index in [-0.39, 0.29) is 18.5 Å². The monoisotopic (exact) mass is 958 g/mol. The molecule has 6 nitrogen and oxygen atoms in total. The minimum absolute atomic E-state index is 0.00741. The van der Waals surface area contributed by atoms with Gasteiger partial charge in [0, 0.05) is 12.8 Å². The van der Waals surface area contributed by atoms with Crippen molar-refractivity contribution in [2.24, 2.45) is 0 Å². The Kier molecular flexibility index (Phi) is 56.5. The van der Waals surface area contributed by atoms with E-state index in [0.29, 0.717) is 19.4 Å². The summed E-state index contributed by atoms with van der Waals surface area (Å²) in [7, 11) is 0. The molecule has 0 saturated heterocycles. The fraction of sp³-hybridized carbons (Fsp3) is 0.903. The van der Waals surface area contributed by atoms with Crippen LogP contribution in [0.25, 0.3) is 0 Å². The standard InChI is InChI=1S/C62H119NO5/c1-3-5-7-9-11-13-15-17-19-23-28-32-36-40-44-48-52-56-62(67)68-57-53-49-45-41-37-33-29-25-22-20-21-24-27-31-35-39-43-47-51-55-61(66)63-59(58-64)60(65)54-50-46-42-38-34-30-26-18-16-14-12-10-8-6-4-2/h20-21,50,54,59-60,64-65H,3-19,22-49,51-53,55-58H2,1-2H3,(H,63,66)/b21-20-,54-50+. The molecule has 0 radical (unpaired) electrons. The average molecular weight is 959 g/mol. The lowest BCUT2D eigenvalue weighted by Gasteiger charge is -2.20. The van der Waals surface area contributed by atoms with Crippen LogP contribution >= 0.6 is 0 Å². The van der Waals surface area contributed by atoms with Crippen molar-refractivity contribution in [3.63, 3.8) is 0 Å². The van der Waals surface area contributed by atoms with Gasteiger partial charge < -0.3 is 20.3 Å². The van der Waals surface area contributed by atoms with Crippen LogP contribution in [0.2, 0.25) is 0 Å². The van der Waals surface area contributed by atoms with Gasteiger partial charge in [-0.25, -0.2) is 0 Å². The van der Waals surface area contributed by atoms with Crippen molar-refractivity contribution in [3.8, 4) is 0 Å². The van der Waals surface area contributed by atoms with Crippen LogP contribution in [0.5, 0.6) is 0 Å². The minimum atomic E-state index is -0.850. The maximum absolute atomic E-state index is 12.5. The summed E-state index contributed by atoms with van der Waals surface area (Å²) in [6.07, 6.45) is 70.7. The molecule has 2 unspecified atom stereocenters. The number of esters is 1. The van der Waals surface area contributed by atoms with Crippen molar-refractivity contribution in [1.82, 2.24) is 5.32 Å². The van der Waals surface area contributed by atoms with Crippen LogP contribution in [0.4, 0.5) is 0 Å². The summed E-state index contributed by atoms with van der Waals surface area (Å²) in [6.45, 7) is 4.91. The highest BCUT2D eigenvalue weighted by atomic mass is 16.5. The molecule has 0 aliphatic heterocycles. The minimum Gasteiger partial charge on any atom is -0.466 e. The van der Waals surface area contributed by atoms with Gasteiger partial charge in [0.25, 0.3) is 0 Å². The number of hydrogen-bond acceptors (Lipinski definition) is 5. The number of hydrogen-bond donors (Lipinski definition) is 3. The van der Waals surface area contributed by atoms with E-state index >= 15 is 0 Å². The summed E-state index contributed by atoms with van der Waals surface area (Å²) in [4.78, 5) is 24.5. The number of allylic oxidation sites excluding steroid dienone is 3. The molecule has 0 fully saturated rings. The Morgan fingerprint density at radius 3 is 1.04 bits per heavy atom. The second kappa shape index (κ2) is 57.9. The van der Waals surface area contributed by atoms with E-state index in [0.717, 1.165) is 44.9 Å². The van der Waals surface area contributed by atoms with Gasteiger partial charge in [-0.2, -0.15) is 0 Å². The molecule has 0 heterocycles. The first-order valence-electron chi connectivity index (χ1n) is 30.6. The maximum atomic E-state index is 12.5. The first kappa shape index (κ1) is 66.3. The Morgan fingerprint density at radius 1 is 0.397 bits per heavy atom. The van der Waals surface area contributed by atoms with Crippen LogP contribution in [0.1, 0.15) is 335 Å². The number of unbranched alkanes of at least 4 members (excludes halogenated alkanes) is 44. The van der Waals surface area contributed by atoms with Gasteiger partial charge in [-0.15, -0.1) is 0 Å². The van der Waals surface area contributed by atoms with Crippen LogP contribution in [0, 0.1) is 0 Å². The summed E-state index contributed by atoms with van der Waals surface area (Å²) >= 11 is 0. The lowest BCUT2D eigenvalue weighted by molar-refractivity contribution is -0.143.